The van der Waals surface area contributed by atoms with E-state index >= 15 is 0 Å². The topological polar surface area (TPSA) is 111 Å². The maximum atomic E-state index is 13.5. The fraction of sp³-hybridized carbons (Fsp3) is 0.636. The van der Waals surface area contributed by atoms with Gasteiger partial charge in [0.05, 0.1) is 12.6 Å². The Morgan fingerprint density at radius 3 is 2.24 bits per heavy atom. The van der Waals surface area contributed by atoms with Crippen LogP contribution in [0.1, 0.15) is 55.9 Å². The summed E-state index contributed by atoms with van der Waals surface area (Å²) in [5.41, 5.74) is 0.769. The van der Waals surface area contributed by atoms with Crippen LogP contribution in [0.5, 0.6) is 0 Å². The molecule has 246 valence electrons. The molecule has 2 bridgehead atoms. The quantitative estimate of drug-likeness (QED) is 0.458. The van der Waals surface area contributed by atoms with Gasteiger partial charge in [-0.3, -0.25) is 19.4 Å². The van der Waals surface area contributed by atoms with E-state index in [1.807, 2.05) is 43.0 Å². The molecular formula is C33H49N7O5. The second-order valence-electron chi connectivity index (χ2n) is 13.1. The van der Waals surface area contributed by atoms with Gasteiger partial charge in [0.25, 0.3) is 11.5 Å². The number of carbonyl (C=O) groups excluding carboxylic acids is 3. The number of para-hydroxylation sites is 1. The number of hydrogen-bond donors (Lipinski definition) is 1. The van der Waals surface area contributed by atoms with Gasteiger partial charge in [-0.25, -0.2) is 9.59 Å². The molecule has 0 radical (unpaired) electrons. The van der Waals surface area contributed by atoms with Crippen LogP contribution in [0, 0.1) is 0 Å². The Morgan fingerprint density at radius 2 is 1.62 bits per heavy atom. The average Bonchev–Trinajstić information content (AvgIpc) is 3.26. The predicted molar refractivity (Wildman–Crippen MR) is 174 cm³/mol. The molecule has 3 saturated heterocycles. The van der Waals surface area contributed by atoms with Crippen molar-refractivity contribution in [2.75, 3.05) is 73.6 Å². The molecule has 3 fully saturated rings. The fourth-order valence-corrected chi connectivity index (χ4v) is 7.35. The van der Waals surface area contributed by atoms with E-state index in [0.29, 0.717) is 38.3 Å². The summed E-state index contributed by atoms with van der Waals surface area (Å²) >= 11 is 0. The van der Waals surface area contributed by atoms with Gasteiger partial charge >= 0.3 is 12.1 Å². The number of benzene rings is 1. The normalized spacial score (nSPS) is 22.1. The first-order valence-electron chi connectivity index (χ1n) is 16.3. The lowest BCUT2D eigenvalue weighted by Gasteiger charge is -2.40. The number of rotatable bonds is 9. The maximum Gasteiger partial charge on any atom is 0.409 e. The molecule has 12 nitrogen and oxygen atoms in total. The molecule has 0 spiro atoms. The molecule has 4 heterocycles. The van der Waals surface area contributed by atoms with E-state index in [1.165, 1.54) is 7.11 Å². The first-order chi connectivity index (χ1) is 21.6. The number of fused-ring (bicyclic) bond motifs is 3. The third kappa shape index (κ3) is 7.27. The van der Waals surface area contributed by atoms with E-state index < -0.39 is 0 Å². The van der Waals surface area contributed by atoms with Gasteiger partial charge in [-0.15, -0.1) is 0 Å². The minimum Gasteiger partial charge on any atom is -0.453 e. The average molecular weight is 624 g/mol. The van der Waals surface area contributed by atoms with Gasteiger partial charge in [-0.05, 0) is 57.0 Å². The van der Waals surface area contributed by atoms with Crippen molar-refractivity contribution in [1.29, 1.82) is 0 Å². The van der Waals surface area contributed by atoms with E-state index in [2.05, 4.69) is 15.1 Å². The summed E-state index contributed by atoms with van der Waals surface area (Å²) < 4.78 is 6.82. The van der Waals surface area contributed by atoms with Crippen LogP contribution in [-0.4, -0.2) is 139 Å². The van der Waals surface area contributed by atoms with E-state index in [0.717, 1.165) is 62.8 Å². The van der Waals surface area contributed by atoms with E-state index in [-0.39, 0.29) is 41.2 Å². The Bertz CT molecular complexity index is 1420. The first-order valence-corrected chi connectivity index (χ1v) is 16.3. The number of hydrogen-bond acceptors (Lipinski definition) is 7. The molecule has 3 atom stereocenters. The molecule has 45 heavy (non-hydrogen) atoms. The van der Waals surface area contributed by atoms with Crippen molar-refractivity contribution in [1.82, 2.24) is 34.4 Å². The monoisotopic (exact) mass is 623 g/mol. The largest absolute Gasteiger partial charge is 0.453 e. The van der Waals surface area contributed by atoms with Gasteiger partial charge in [0.15, 0.2) is 0 Å². The Kier molecular flexibility index (Phi) is 10.3. The highest BCUT2D eigenvalue weighted by molar-refractivity contribution is 5.97. The summed E-state index contributed by atoms with van der Waals surface area (Å²) in [6.45, 7) is 9.45. The fourth-order valence-electron chi connectivity index (χ4n) is 7.35. The Morgan fingerprint density at radius 1 is 0.978 bits per heavy atom. The van der Waals surface area contributed by atoms with Crippen molar-refractivity contribution >= 4 is 28.9 Å². The number of ether oxygens (including phenoxy) is 1. The minimum atomic E-state index is -0.326. The highest BCUT2D eigenvalue weighted by atomic mass is 16.5. The summed E-state index contributed by atoms with van der Waals surface area (Å²) in [7, 11) is 4.96. The highest BCUT2D eigenvalue weighted by Gasteiger charge is 2.41. The van der Waals surface area contributed by atoms with Gasteiger partial charge in [-0.2, -0.15) is 0 Å². The molecule has 1 aromatic heterocycles. The lowest BCUT2D eigenvalue weighted by Crippen LogP contribution is -2.54. The summed E-state index contributed by atoms with van der Waals surface area (Å²) in [5.74, 6) is -0.304. The first kappa shape index (κ1) is 32.7. The summed E-state index contributed by atoms with van der Waals surface area (Å²) in [4.78, 5) is 61.8. The van der Waals surface area contributed by atoms with Gasteiger partial charge in [0, 0.05) is 90.6 Å². The van der Waals surface area contributed by atoms with Crippen molar-refractivity contribution in [2.45, 2.75) is 63.7 Å². The van der Waals surface area contributed by atoms with Gasteiger partial charge < -0.3 is 29.3 Å². The Balaban J connectivity index is 1.15. The number of urea groups is 1. The summed E-state index contributed by atoms with van der Waals surface area (Å²) in [6.07, 6.45) is 3.43. The van der Waals surface area contributed by atoms with Gasteiger partial charge in [-0.1, -0.05) is 18.2 Å². The number of amides is 4. The van der Waals surface area contributed by atoms with Crippen LogP contribution in [0.4, 0.5) is 9.59 Å². The number of nitrogens with one attached hydrogen (secondary N) is 1. The molecule has 2 aromatic rings. The number of carbonyl (C=O) groups is 3. The van der Waals surface area contributed by atoms with Crippen molar-refractivity contribution in [3.05, 3.63) is 46.2 Å². The number of pyridine rings is 1. The van der Waals surface area contributed by atoms with Crippen molar-refractivity contribution in [2.24, 2.45) is 0 Å². The second kappa shape index (κ2) is 14.2. The van der Waals surface area contributed by atoms with Crippen LogP contribution < -0.4 is 10.9 Å². The van der Waals surface area contributed by atoms with Crippen LogP contribution in [0.3, 0.4) is 0 Å². The van der Waals surface area contributed by atoms with Crippen LogP contribution in [0.25, 0.3) is 10.9 Å². The summed E-state index contributed by atoms with van der Waals surface area (Å²) in [5, 5.41) is 4.07. The number of piperidine rings is 1. The van der Waals surface area contributed by atoms with Crippen LogP contribution in [0.15, 0.2) is 35.1 Å². The molecule has 1 aromatic carbocycles. The molecule has 3 aliphatic rings. The third-order valence-corrected chi connectivity index (χ3v) is 9.70. The van der Waals surface area contributed by atoms with Crippen LogP contribution >= 0.6 is 0 Å². The smallest absolute Gasteiger partial charge is 0.409 e. The molecule has 12 heteroatoms. The van der Waals surface area contributed by atoms with Crippen molar-refractivity contribution in [3.63, 3.8) is 0 Å². The molecule has 1 N–H and O–H groups in total. The maximum absolute atomic E-state index is 13.5. The Labute approximate surface area is 265 Å². The van der Waals surface area contributed by atoms with Crippen molar-refractivity contribution < 1.29 is 19.1 Å². The standard InChI is InChI=1S/C33H49N7O5/c1-23(2)40-29-9-7-6-8-24(29)20-28(31(40)42)30(41)34-25-21-26-10-11-27(22-25)39(26)19-18-38(33(44)45-5)17-14-36-12-15-37(16-13-36)32(43)35(3)4/h6-9,20,23,25-27H,10-19,21-22H2,1-5H3,(H,34,41)/t25?,26-,27+. The van der Waals surface area contributed by atoms with E-state index in [9.17, 15) is 19.2 Å². The number of nitrogens with zero attached hydrogens (tertiary/aromatic N) is 6. The number of methoxy groups -OCH3 is 1. The van der Waals surface area contributed by atoms with E-state index in [1.54, 1.807) is 34.5 Å². The van der Waals surface area contributed by atoms with E-state index in [4.69, 9.17) is 4.74 Å². The van der Waals surface area contributed by atoms with Crippen molar-refractivity contribution in [3.8, 4) is 0 Å². The lowest BCUT2D eigenvalue weighted by molar-refractivity contribution is 0.0732. The molecular weight excluding hydrogens is 574 g/mol. The molecule has 3 aliphatic heterocycles. The highest BCUT2D eigenvalue weighted by Crippen LogP contribution is 2.35. The zero-order chi connectivity index (χ0) is 32.2. The molecule has 4 amide bonds. The lowest BCUT2D eigenvalue weighted by atomic mass is 9.96. The minimum absolute atomic E-state index is 0.000579. The third-order valence-electron chi connectivity index (χ3n) is 9.70. The van der Waals surface area contributed by atoms with Crippen LogP contribution in [0.2, 0.25) is 0 Å². The molecule has 5 rings (SSSR count). The SMILES string of the molecule is COC(=O)N(CCN1CCN(C(=O)N(C)C)CC1)CCN1[C@@H]2CC[C@H]1CC(NC(=O)c1cc3ccccc3n(C(C)C)c1=O)C2. The predicted octanol–water partition coefficient (Wildman–Crippen LogP) is 2.68. The number of aromatic nitrogens is 1. The zero-order valence-corrected chi connectivity index (χ0v) is 27.4. The van der Waals surface area contributed by atoms with Gasteiger partial charge in [0.1, 0.15) is 5.56 Å². The Hall–Kier alpha value is -3.64. The molecule has 1 unspecified atom stereocenters. The zero-order valence-electron chi connectivity index (χ0n) is 27.4. The molecule has 0 aliphatic carbocycles. The number of piperazine rings is 1. The molecule has 0 saturated carbocycles. The van der Waals surface area contributed by atoms with Crippen LogP contribution in [-0.2, 0) is 4.74 Å². The summed E-state index contributed by atoms with van der Waals surface area (Å²) in [6, 6.07) is 10.0. The van der Waals surface area contributed by atoms with Gasteiger partial charge in [0.2, 0.25) is 0 Å². The second-order valence-corrected chi connectivity index (χ2v) is 13.1.